The number of ether oxygens (including phenoxy) is 1. The molecule has 0 aliphatic heterocycles. The lowest BCUT2D eigenvalue weighted by Gasteiger charge is -2.13. The minimum Gasteiger partial charge on any atom is -0.489 e. The molecule has 0 fully saturated rings. The average Bonchev–Trinajstić information content (AvgIpc) is 2.53. The molecule has 25 heavy (non-hydrogen) atoms. The Labute approximate surface area is 180 Å². The van der Waals surface area contributed by atoms with Gasteiger partial charge in [-0.2, -0.15) is 0 Å². The molecule has 0 unspecified atom stereocenters. The first-order valence-electron chi connectivity index (χ1n) is 7.46. The number of halogens is 4. The Morgan fingerprint density at radius 2 is 1.76 bits per heavy atom. The number of hydrogen-bond acceptors (Lipinski definition) is 3. The first kappa shape index (κ1) is 24.4. The van der Waals surface area contributed by atoms with Gasteiger partial charge in [0.1, 0.15) is 6.61 Å². The fraction of sp³-hybridized carbons (Fsp3) is 0.467. The zero-order chi connectivity index (χ0) is 17.9. The largest absolute Gasteiger partial charge is 0.489 e. The van der Waals surface area contributed by atoms with Crippen LogP contribution in [0.4, 0.5) is 0 Å². The highest BCUT2D eigenvalue weighted by Gasteiger charge is 2.09. The molecule has 0 saturated carbocycles. The van der Waals surface area contributed by atoms with E-state index < -0.39 is 0 Å². The maximum Gasteiger partial charge on any atom is 0.239 e. The van der Waals surface area contributed by atoms with Crippen molar-refractivity contribution < 1.29 is 9.53 Å². The maximum atomic E-state index is 11.5. The Morgan fingerprint density at radius 1 is 1.12 bits per heavy atom. The molecular weight excluding hydrogens is 501 g/mol. The lowest BCUT2D eigenvalue weighted by atomic mass is 10.3. The van der Waals surface area contributed by atoms with Crippen LogP contribution < -0.4 is 20.7 Å². The van der Waals surface area contributed by atoms with E-state index in [1.165, 1.54) is 0 Å². The minimum absolute atomic E-state index is 0. The molecule has 0 heterocycles. The molecule has 1 aromatic carbocycles. The molecule has 1 amide bonds. The van der Waals surface area contributed by atoms with Crippen LogP contribution in [0.25, 0.3) is 0 Å². The molecule has 0 saturated heterocycles. The summed E-state index contributed by atoms with van der Waals surface area (Å²) in [6.07, 6.45) is 0.895. The fourth-order valence-electron chi connectivity index (χ4n) is 1.70. The van der Waals surface area contributed by atoms with Crippen molar-refractivity contribution in [1.29, 1.82) is 0 Å². The average molecular weight is 524 g/mol. The zero-order valence-corrected chi connectivity index (χ0v) is 18.6. The van der Waals surface area contributed by atoms with E-state index in [0.29, 0.717) is 46.5 Å². The monoisotopic (exact) mass is 522 g/mol. The summed E-state index contributed by atoms with van der Waals surface area (Å²) < 4.78 is 5.55. The van der Waals surface area contributed by atoms with Crippen LogP contribution in [0.1, 0.15) is 13.3 Å². The number of nitrogens with zero attached hydrogens (tertiary/aromatic N) is 1. The maximum absolute atomic E-state index is 11.5. The van der Waals surface area contributed by atoms with Crippen molar-refractivity contribution in [3.05, 3.63) is 27.2 Å². The number of hydrogen-bond donors (Lipinski definition) is 3. The number of amides is 1. The van der Waals surface area contributed by atoms with Crippen LogP contribution in [0.2, 0.25) is 15.1 Å². The Bertz CT molecular complexity index is 565. The number of carbonyl (C=O) groups excluding carboxylic acids is 1. The van der Waals surface area contributed by atoms with Crippen LogP contribution in [0, 0.1) is 0 Å². The SMILES string of the molecule is CCCNC(=O)CNC(=NC)NCCOc1c(Cl)cc(Cl)cc1Cl.I. The quantitative estimate of drug-likeness (QED) is 0.212. The summed E-state index contributed by atoms with van der Waals surface area (Å²) in [5, 5.41) is 9.85. The number of aliphatic imine (C=N–C) groups is 1. The Balaban J connectivity index is 0.00000576. The van der Waals surface area contributed by atoms with Crippen molar-refractivity contribution in [3.8, 4) is 5.75 Å². The van der Waals surface area contributed by atoms with Gasteiger partial charge in [-0.3, -0.25) is 9.79 Å². The first-order chi connectivity index (χ1) is 11.5. The van der Waals surface area contributed by atoms with Gasteiger partial charge in [-0.15, -0.1) is 24.0 Å². The van der Waals surface area contributed by atoms with Gasteiger partial charge in [0.15, 0.2) is 11.7 Å². The molecule has 0 atom stereocenters. The molecule has 0 radical (unpaired) electrons. The Morgan fingerprint density at radius 3 is 2.32 bits per heavy atom. The highest BCUT2D eigenvalue weighted by molar-refractivity contribution is 14.0. The van der Waals surface area contributed by atoms with Crippen molar-refractivity contribution in [1.82, 2.24) is 16.0 Å². The van der Waals surface area contributed by atoms with Crippen LogP contribution in [0.3, 0.4) is 0 Å². The summed E-state index contributed by atoms with van der Waals surface area (Å²) >= 11 is 17.9. The number of carbonyl (C=O) groups is 1. The molecule has 0 aromatic heterocycles. The number of guanidine groups is 1. The molecule has 6 nitrogen and oxygen atoms in total. The van der Waals surface area contributed by atoms with E-state index in [9.17, 15) is 4.79 Å². The van der Waals surface area contributed by atoms with Crippen LogP contribution in [0.5, 0.6) is 5.75 Å². The van der Waals surface area contributed by atoms with E-state index in [-0.39, 0.29) is 36.4 Å². The van der Waals surface area contributed by atoms with Crippen LogP contribution in [0.15, 0.2) is 17.1 Å². The van der Waals surface area contributed by atoms with E-state index in [2.05, 4.69) is 20.9 Å². The van der Waals surface area contributed by atoms with Gasteiger partial charge in [0.05, 0.1) is 23.1 Å². The van der Waals surface area contributed by atoms with Crippen molar-refractivity contribution in [3.63, 3.8) is 0 Å². The first-order valence-corrected chi connectivity index (χ1v) is 8.59. The van der Waals surface area contributed by atoms with E-state index in [1.54, 1.807) is 19.2 Å². The number of nitrogens with one attached hydrogen (secondary N) is 3. The van der Waals surface area contributed by atoms with Gasteiger partial charge in [-0.05, 0) is 18.6 Å². The Kier molecular flexibility index (Phi) is 13.2. The summed E-state index contributed by atoms with van der Waals surface area (Å²) in [5.41, 5.74) is 0. The highest BCUT2D eigenvalue weighted by atomic mass is 127. The fourth-order valence-corrected chi connectivity index (χ4v) is 2.63. The van der Waals surface area contributed by atoms with E-state index in [0.717, 1.165) is 6.42 Å². The standard InChI is InChI=1S/C15H21Cl3N4O2.HI/c1-3-4-20-13(23)9-22-15(19-2)21-5-6-24-14-11(17)7-10(16)8-12(14)18;/h7-8H,3-6,9H2,1-2H3,(H,20,23)(H2,19,21,22);1H. The second-order valence-corrected chi connectivity index (χ2v) is 6.00. The molecule has 10 heteroatoms. The van der Waals surface area contributed by atoms with Gasteiger partial charge >= 0.3 is 0 Å². The topological polar surface area (TPSA) is 74.8 Å². The molecular formula is C15H22Cl3IN4O2. The van der Waals surface area contributed by atoms with Gasteiger partial charge in [0.25, 0.3) is 0 Å². The van der Waals surface area contributed by atoms with Gasteiger partial charge in [0.2, 0.25) is 5.91 Å². The molecule has 0 bridgehead atoms. The molecule has 1 rings (SSSR count). The molecule has 0 aliphatic carbocycles. The third kappa shape index (κ3) is 9.58. The minimum atomic E-state index is -0.0872. The third-order valence-corrected chi connectivity index (χ3v) is 3.60. The van der Waals surface area contributed by atoms with E-state index in [1.807, 2.05) is 6.92 Å². The predicted octanol–water partition coefficient (Wildman–Crippen LogP) is 3.33. The van der Waals surface area contributed by atoms with Crippen LogP contribution in [-0.2, 0) is 4.79 Å². The molecule has 1 aromatic rings. The zero-order valence-electron chi connectivity index (χ0n) is 14.0. The highest BCUT2D eigenvalue weighted by Crippen LogP contribution is 2.35. The number of rotatable bonds is 8. The lowest BCUT2D eigenvalue weighted by molar-refractivity contribution is -0.120. The smallest absolute Gasteiger partial charge is 0.239 e. The van der Waals surface area contributed by atoms with Crippen molar-refractivity contribution in [2.45, 2.75) is 13.3 Å². The van der Waals surface area contributed by atoms with Crippen LogP contribution >= 0.6 is 58.8 Å². The van der Waals surface area contributed by atoms with Gasteiger partial charge < -0.3 is 20.7 Å². The molecule has 142 valence electrons. The second-order valence-electron chi connectivity index (χ2n) is 4.75. The van der Waals surface area contributed by atoms with E-state index in [4.69, 9.17) is 39.5 Å². The van der Waals surface area contributed by atoms with Gasteiger partial charge in [0, 0.05) is 18.6 Å². The van der Waals surface area contributed by atoms with Crippen molar-refractivity contribution in [2.24, 2.45) is 4.99 Å². The lowest BCUT2D eigenvalue weighted by Crippen LogP contribution is -2.44. The Hall–Kier alpha value is -0.640. The van der Waals surface area contributed by atoms with Crippen molar-refractivity contribution >= 4 is 70.6 Å². The van der Waals surface area contributed by atoms with Gasteiger partial charge in [-0.1, -0.05) is 41.7 Å². The molecule has 0 spiro atoms. The van der Waals surface area contributed by atoms with E-state index >= 15 is 0 Å². The third-order valence-electron chi connectivity index (χ3n) is 2.82. The second kappa shape index (κ2) is 13.5. The molecule has 3 N–H and O–H groups in total. The predicted molar refractivity (Wildman–Crippen MR) is 115 cm³/mol. The summed E-state index contributed by atoms with van der Waals surface area (Å²) in [6.45, 7) is 3.56. The summed E-state index contributed by atoms with van der Waals surface area (Å²) in [6, 6.07) is 3.13. The number of benzene rings is 1. The summed E-state index contributed by atoms with van der Waals surface area (Å²) in [7, 11) is 1.62. The van der Waals surface area contributed by atoms with Gasteiger partial charge in [-0.25, -0.2) is 0 Å². The van der Waals surface area contributed by atoms with Crippen molar-refractivity contribution in [2.75, 3.05) is 33.3 Å². The summed E-state index contributed by atoms with van der Waals surface area (Å²) in [5.74, 6) is 0.792. The molecule has 0 aliphatic rings. The summed E-state index contributed by atoms with van der Waals surface area (Å²) in [4.78, 5) is 15.5. The normalized spacial score (nSPS) is 10.7. The van der Waals surface area contributed by atoms with Crippen LogP contribution in [-0.4, -0.2) is 45.2 Å².